The molecule has 0 heterocycles. The minimum atomic E-state index is 0.0222. The average molecular weight is 222 g/mol. The standard InChI is InChI=1S/C14H22O2/c1-2-3-4-9-14(10-5-7-12-15)11-6-8-13-16/h7-8,10-11,14-16H,2-4,9,12-13H2,1H3. The van der Waals surface area contributed by atoms with Gasteiger partial charge in [-0.3, -0.25) is 0 Å². The lowest BCUT2D eigenvalue weighted by atomic mass is 10.0. The number of aliphatic hydroxyl groups is 2. The quantitative estimate of drug-likeness (QED) is 0.489. The summed E-state index contributed by atoms with van der Waals surface area (Å²) in [5, 5.41) is 17.2. The Bertz CT molecular complexity index is 242. The van der Waals surface area contributed by atoms with Gasteiger partial charge in [0, 0.05) is 5.92 Å². The molecule has 16 heavy (non-hydrogen) atoms. The van der Waals surface area contributed by atoms with Gasteiger partial charge in [-0.05, 0) is 30.7 Å². The molecule has 0 aliphatic carbocycles. The molecule has 0 atom stereocenters. The summed E-state index contributed by atoms with van der Waals surface area (Å²) in [6.45, 7) is 2.22. The fourth-order valence-electron chi connectivity index (χ4n) is 1.33. The third-order valence-electron chi connectivity index (χ3n) is 2.18. The SMILES string of the molecule is CCCCCC(C=C=CCO)C=C=CCO. The van der Waals surface area contributed by atoms with Gasteiger partial charge in [0.05, 0.1) is 13.2 Å². The molecule has 0 aliphatic heterocycles. The highest BCUT2D eigenvalue weighted by molar-refractivity contribution is 5.00. The first-order chi connectivity index (χ1) is 7.85. The maximum atomic E-state index is 8.60. The summed E-state index contributed by atoms with van der Waals surface area (Å²) in [5.74, 6) is 0.289. The van der Waals surface area contributed by atoms with Crippen molar-refractivity contribution in [3.05, 3.63) is 35.8 Å². The summed E-state index contributed by atoms with van der Waals surface area (Å²) in [6, 6.07) is 0. The molecule has 0 fully saturated rings. The van der Waals surface area contributed by atoms with Crippen LogP contribution in [0.4, 0.5) is 0 Å². The Kier molecular flexibility index (Phi) is 11.2. The Labute approximate surface area is 98.3 Å². The van der Waals surface area contributed by atoms with Crippen LogP contribution in [-0.2, 0) is 0 Å². The monoisotopic (exact) mass is 222 g/mol. The molecule has 0 aromatic heterocycles. The maximum Gasteiger partial charge on any atom is 0.0686 e. The van der Waals surface area contributed by atoms with E-state index in [4.69, 9.17) is 10.2 Å². The van der Waals surface area contributed by atoms with Crippen molar-refractivity contribution in [1.82, 2.24) is 0 Å². The lowest BCUT2D eigenvalue weighted by molar-refractivity contribution is 0.342. The van der Waals surface area contributed by atoms with Crippen LogP contribution < -0.4 is 0 Å². The van der Waals surface area contributed by atoms with E-state index in [0.29, 0.717) is 0 Å². The van der Waals surface area contributed by atoms with E-state index in [1.54, 1.807) is 12.2 Å². The van der Waals surface area contributed by atoms with Gasteiger partial charge in [0.15, 0.2) is 0 Å². The first kappa shape index (κ1) is 15.0. The molecule has 0 saturated carbocycles. The lowest BCUT2D eigenvalue weighted by Gasteiger charge is -2.04. The van der Waals surface area contributed by atoms with E-state index in [0.717, 1.165) is 6.42 Å². The Hall–Kier alpha value is -1.04. The largest absolute Gasteiger partial charge is 0.392 e. The van der Waals surface area contributed by atoms with Crippen LogP contribution >= 0.6 is 0 Å². The number of hydrogen-bond donors (Lipinski definition) is 2. The van der Waals surface area contributed by atoms with Gasteiger partial charge in [-0.15, -0.1) is 11.5 Å². The first-order valence-electron chi connectivity index (χ1n) is 5.89. The van der Waals surface area contributed by atoms with Crippen LogP contribution in [0.1, 0.15) is 32.6 Å². The number of aliphatic hydroxyl groups excluding tert-OH is 2. The third-order valence-corrected chi connectivity index (χ3v) is 2.18. The van der Waals surface area contributed by atoms with Crippen LogP contribution in [0.15, 0.2) is 35.8 Å². The van der Waals surface area contributed by atoms with Crippen LogP contribution in [0.25, 0.3) is 0 Å². The highest BCUT2D eigenvalue weighted by Gasteiger charge is 1.98. The normalized spacial score (nSPS) is 10.9. The zero-order valence-electron chi connectivity index (χ0n) is 10.0. The van der Waals surface area contributed by atoms with E-state index in [9.17, 15) is 0 Å². The van der Waals surface area contributed by atoms with Gasteiger partial charge in [0.25, 0.3) is 0 Å². The average Bonchev–Trinajstić information content (AvgIpc) is 2.29. The number of hydrogen-bond acceptors (Lipinski definition) is 2. The molecule has 2 nitrogen and oxygen atoms in total. The van der Waals surface area contributed by atoms with Crippen LogP contribution in [-0.4, -0.2) is 23.4 Å². The van der Waals surface area contributed by atoms with Crippen molar-refractivity contribution in [1.29, 1.82) is 0 Å². The molecule has 0 radical (unpaired) electrons. The van der Waals surface area contributed by atoms with E-state index in [1.165, 1.54) is 19.3 Å². The van der Waals surface area contributed by atoms with Crippen LogP contribution in [0.5, 0.6) is 0 Å². The number of unbranched alkanes of at least 4 members (excludes halogenated alkanes) is 2. The summed E-state index contributed by atoms with van der Waals surface area (Å²) < 4.78 is 0. The van der Waals surface area contributed by atoms with Crippen LogP contribution in [0.3, 0.4) is 0 Å². The molecule has 2 N–H and O–H groups in total. The Morgan fingerprint density at radius 2 is 1.56 bits per heavy atom. The van der Waals surface area contributed by atoms with Crippen molar-refractivity contribution in [3.63, 3.8) is 0 Å². The van der Waals surface area contributed by atoms with Crippen molar-refractivity contribution < 1.29 is 10.2 Å². The van der Waals surface area contributed by atoms with Gasteiger partial charge in [-0.25, -0.2) is 0 Å². The van der Waals surface area contributed by atoms with Gasteiger partial charge in [-0.2, -0.15) is 0 Å². The molecule has 2 heteroatoms. The van der Waals surface area contributed by atoms with Crippen molar-refractivity contribution in [2.24, 2.45) is 5.92 Å². The Balaban J connectivity index is 4.26. The molecular formula is C14H22O2. The molecule has 0 aliphatic rings. The highest BCUT2D eigenvalue weighted by atomic mass is 16.3. The molecule has 0 saturated heterocycles. The van der Waals surface area contributed by atoms with E-state index >= 15 is 0 Å². The predicted octanol–water partition coefficient (Wildman–Crippen LogP) is 2.59. The summed E-state index contributed by atoms with van der Waals surface area (Å²) >= 11 is 0. The topological polar surface area (TPSA) is 40.5 Å². The van der Waals surface area contributed by atoms with Gasteiger partial charge in [0.1, 0.15) is 0 Å². The van der Waals surface area contributed by atoms with E-state index in [-0.39, 0.29) is 19.1 Å². The van der Waals surface area contributed by atoms with E-state index in [2.05, 4.69) is 18.4 Å². The second-order valence-electron chi connectivity index (χ2n) is 3.60. The highest BCUT2D eigenvalue weighted by Crippen LogP contribution is 2.12. The minimum Gasteiger partial charge on any atom is -0.392 e. The van der Waals surface area contributed by atoms with Gasteiger partial charge in [-0.1, -0.05) is 26.2 Å². The van der Waals surface area contributed by atoms with Crippen molar-refractivity contribution in [2.45, 2.75) is 32.6 Å². The fraction of sp³-hybridized carbons (Fsp3) is 0.571. The van der Waals surface area contributed by atoms with Crippen molar-refractivity contribution in [3.8, 4) is 0 Å². The molecule has 0 aromatic rings. The summed E-state index contributed by atoms with van der Waals surface area (Å²) in [4.78, 5) is 0. The second-order valence-corrected chi connectivity index (χ2v) is 3.60. The lowest BCUT2D eigenvalue weighted by Crippen LogP contribution is -1.91. The first-order valence-corrected chi connectivity index (χ1v) is 5.89. The number of rotatable bonds is 8. The molecule has 0 unspecified atom stereocenters. The van der Waals surface area contributed by atoms with Crippen LogP contribution in [0, 0.1) is 5.92 Å². The van der Waals surface area contributed by atoms with Crippen molar-refractivity contribution in [2.75, 3.05) is 13.2 Å². The second kappa shape index (κ2) is 12.0. The fourth-order valence-corrected chi connectivity index (χ4v) is 1.33. The molecule has 0 rings (SSSR count). The van der Waals surface area contributed by atoms with Crippen LogP contribution in [0.2, 0.25) is 0 Å². The smallest absolute Gasteiger partial charge is 0.0686 e. The van der Waals surface area contributed by atoms with Gasteiger partial charge >= 0.3 is 0 Å². The molecule has 0 spiro atoms. The molecule has 90 valence electrons. The van der Waals surface area contributed by atoms with E-state index in [1.807, 2.05) is 12.2 Å². The zero-order chi connectivity index (χ0) is 12.1. The predicted molar refractivity (Wildman–Crippen MR) is 67.1 cm³/mol. The minimum absolute atomic E-state index is 0.0222. The Morgan fingerprint density at radius 1 is 1.00 bits per heavy atom. The molecule has 0 bridgehead atoms. The van der Waals surface area contributed by atoms with Gasteiger partial charge in [0.2, 0.25) is 0 Å². The summed E-state index contributed by atoms with van der Waals surface area (Å²) in [5.41, 5.74) is 5.88. The Morgan fingerprint density at radius 3 is 2.00 bits per heavy atom. The zero-order valence-corrected chi connectivity index (χ0v) is 10.0. The van der Waals surface area contributed by atoms with Gasteiger partial charge < -0.3 is 10.2 Å². The third kappa shape index (κ3) is 9.51. The summed E-state index contributed by atoms with van der Waals surface area (Å²) in [6.07, 6.45) is 11.7. The molecule has 0 amide bonds. The van der Waals surface area contributed by atoms with E-state index < -0.39 is 0 Å². The maximum absolute atomic E-state index is 8.60. The molecule has 0 aromatic carbocycles. The summed E-state index contributed by atoms with van der Waals surface area (Å²) in [7, 11) is 0. The molecular weight excluding hydrogens is 200 g/mol. The van der Waals surface area contributed by atoms with Crippen molar-refractivity contribution >= 4 is 0 Å².